The van der Waals surface area contributed by atoms with Gasteiger partial charge in [-0.25, -0.2) is 4.72 Å². The molecular weight excluding hydrogens is 230 g/mol. The summed E-state index contributed by atoms with van der Waals surface area (Å²) in [6, 6.07) is 8.07. The average molecular weight is 243 g/mol. The summed E-state index contributed by atoms with van der Waals surface area (Å²) < 4.78 is 28.8. The molecule has 0 aliphatic rings. The van der Waals surface area contributed by atoms with Gasteiger partial charge < -0.3 is 0 Å². The highest BCUT2D eigenvalue weighted by molar-refractivity contribution is 7.85. The molecule has 0 bridgehead atoms. The van der Waals surface area contributed by atoms with Gasteiger partial charge in [0.05, 0.1) is 6.61 Å². The van der Waals surface area contributed by atoms with E-state index in [4.69, 9.17) is 0 Å². The third-order valence-electron chi connectivity index (χ3n) is 1.70. The van der Waals surface area contributed by atoms with Crippen molar-refractivity contribution in [3.63, 3.8) is 0 Å². The molecule has 0 saturated heterocycles. The Morgan fingerprint density at radius 1 is 1.31 bits per heavy atom. The number of rotatable bonds is 5. The average Bonchev–Trinajstić information content (AvgIpc) is 2.27. The normalized spacial score (nSPS) is 11.1. The fraction of sp³-hybridized carbons (Fsp3) is 0.300. The highest BCUT2D eigenvalue weighted by Gasteiger charge is 2.15. The topological polar surface area (TPSA) is 72.5 Å². The van der Waals surface area contributed by atoms with Crippen molar-refractivity contribution in [3.8, 4) is 0 Å². The highest BCUT2D eigenvalue weighted by Crippen LogP contribution is 2.00. The predicted octanol–water partition coefficient (Wildman–Crippen LogP) is 1.09. The maximum absolute atomic E-state index is 11.5. The van der Waals surface area contributed by atoms with Crippen LogP contribution < -0.4 is 4.72 Å². The molecule has 1 N–H and O–H groups in total. The second kappa shape index (κ2) is 5.62. The summed E-state index contributed by atoms with van der Waals surface area (Å²) in [6.45, 7) is 1.83. The molecule has 88 valence electrons. The second-order valence-corrected chi connectivity index (χ2v) is 4.42. The first kappa shape index (κ1) is 12.7. The van der Waals surface area contributed by atoms with Crippen LogP contribution in [0.1, 0.15) is 23.7 Å². The molecule has 16 heavy (non-hydrogen) atoms. The van der Waals surface area contributed by atoms with E-state index in [1.165, 1.54) is 12.1 Å². The van der Waals surface area contributed by atoms with Crippen molar-refractivity contribution < 1.29 is 17.4 Å². The van der Waals surface area contributed by atoms with Crippen LogP contribution in [-0.2, 0) is 14.5 Å². The van der Waals surface area contributed by atoms with E-state index in [0.717, 1.165) is 0 Å². The van der Waals surface area contributed by atoms with Gasteiger partial charge in [-0.2, -0.15) is 8.42 Å². The lowest BCUT2D eigenvalue weighted by Gasteiger charge is -2.05. The monoisotopic (exact) mass is 243 g/mol. The molecule has 0 unspecified atom stereocenters. The molecule has 0 heterocycles. The number of carbonyl (C=O) groups excluding carboxylic acids is 1. The summed E-state index contributed by atoms with van der Waals surface area (Å²) in [5.41, 5.74) is 0.270. The minimum atomic E-state index is -3.99. The van der Waals surface area contributed by atoms with E-state index < -0.39 is 16.2 Å². The Morgan fingerprint density at radius 3 is 2.50 bits per heavy atom. The Labute approximate surface area is 94.7 Å². The van der Waals surface area contributed by atoms with Crippen LogP contribution in [0.5, 0.6) is 0 Å². The minimum Gasteiger partial charge on any atom is -0.268 e. The molecule has 0 fully saturated rings. The van der Waals surface area contributed by atoms with Crippen molar-refractivity contribution in [1.82, 2.24) is 4.72 Å². The van der Waals surface area contributed by atoms with E-state index >= 15 is 0 Å². The first-order valence-corrected chi connectivity index (χ1v) is 6.22. The predicted molar refractivity (Wildman–Crippen MR) is 59.1 cm³/mol. The Hall–Kier alpha value is -1.40. The van der Waals surface area contributed by atoms with Crippen molar-refractivity contribution in [2.75, 3.05) is 6.61 Å². The molecule has 1 amide bonds. The SMILES string of the molecule is CCCOS(=O)(=O)NC(=O)c1ccccc1. The number of hydrogen-bond donors (Lipinski definition) is 1. The van der Waals surface area contributed by atoms with Crippen molar-refractivity contribution in [1.29, 1.82) is 0 Å². The highest BCUT2D eigenvalue weighted by atomic mass is 32.2. The van der Waals surface area contributed by atoms with E-state index in [2.05, 4.69) is 4.18 Å². The minimum absolute atomic E-state index is 0.0530. The molecule has 6 heteroatoms. The van der Waals surface area contributed by atoms with Crippen LogP contribution in [0.4, 0.5) is 0 Å². The van der Waals surface area contributed by atoms with E-state index in [1.54, 1.807) is 25.1 Å². The molecule has 0 spiro atoms. The smallest absolute Gasteiger partial charge is 0.268 e. The quantitative estimate of drug-likeness (QED) is 0.840. The third kappa shape index (κ3) is 4.00. The first-order chi connectivity index (χ1) is 7.55. The molecule has 0 radical (unpaired) electrons. The standard InChI is InChI=1S/C10H13NO4S/c1-2-8-15-16(13,14)11-10(12)9-6-4-3-5-7-9/h3-7H,2,8H2,1H3,(H,11,12). The third-order valence-corrected chi connectivity index (χ3v) is 2.61. The van der Waals surface area contributed by atoms with Crippen molar-refractivity contribution in [2.45, 2.75) is 13.3 Å². The molecule has 0 atom stereocenters. The van der Waals surface area contributed by atoms with Crippen LogP contribution in [0.3, 0.4) is 0 Å². The summed E-state index contributed by atoms with van der Waals surface area (Å²) in [7, 11) is -3.99. The Kier molecular flexibility index (Phi) is 4.45. The maximum Gasteiger partial charge on any atom is 0.362 e. The number of amides is 1. The summed E-state index contributed by atoms with van der Waals surface area (Å²) >= 11 is 0. The molecule has 1 rings (SSSR count). The first-order valence-electron chi connectivity index (χ1n) is 4.81. The van der Waals surface area contributed by atoms with Gasteiger partial charge in [0.15, 0.2) is 0 Å². The molecular formula is C10H13NO4S. The molecule has 0 aliphatic carbocycles. The van der Waals surface area contributed by atoms with E-state index in [0.29, 0.717) is 6.42 Å². The van der Waals surface area contributed by atoms with Crippen LogP contribution in [0.2, 0.25) is 0 Å². The molecule has 5 nitrogen and oxygen atoms in total. The summed E-state index contributed by atoms with van der Waals surface area (Å²) in [5.74, 6) is -0.697. The molecule has 0 saturated carbocycles. The maximum atomic E-state index is 11.5. The van der Waals surface area contributed by atoms with Crippen molar-refractivity contribution in [3.05, 3.63) is 35.9 Å². The van der Waals surface area contributed by atoms with Crippen LogP contribution in [0.15, 0.2) is 30.3 Å². The van der Waals surface area contributed by atoms with Crippen LogP contribution in [0.25, 0.3) is 0 Å². The van der Waals surface area contributed by atoms with Gasteiger partial charge in [-0.1, -0.05) is 25.1 Å². The molecule has 0 aliphatic heterocycles. The lowest BCUT2D eigenvalue weighted by Crippen LogP contribution is -2.32. The Balaban J connectivity index is 2.65. The molecule has 1 aromatic carbocycles. The van der Waals surface area contributed by atoms with Crippen molar-refractivity contribution >= 4 is 16.2 Å². The van der Waals surface area contributed by atoms with E-state index in [9.17, 15) is 13.2 Å². The summed E-state index contributed by atoms with van der Waals surface area (Å²) in [5, 5.41) is 0. The van der Waals surface area contributed by atoms with Gasteiger partial charge >= 0.3 is 10.3 Å². The number of carbonyl (C=O) groups is 1. The zero-order valence-electron chi connectivity index (χ0n) is 8.84. The van der Waals surface area contributed by atoms with Gasteiger partial charge in [-0.3, -0.25) is 8.98 Å². The van der Waals surface area contributed by atoms with Gasteiger partial charge in [-0.05, 0) is 18.6 Å². The molecule has 1 aromatic rings. The van der Waals surface area contributed by atoms with Gasteiger partial charge in [-0.15, -0.1) is 0 Å². The Bertz CT molecular complexity index is 441. The van der Waals surface area contributed by atoms with Crippen molar-refractivity contribution in [2.24, 2.45) is 0 Å². The van der Waals surface area contributed by atoms with Gasteiger partial charge in [0.25, 0.3) is 5.91 Å². The van der Waals surface area contributed by atoms with E-state index in [1.807, 2.05) is 4.72 Å². The van der Waals surface area contributed by atoms with Crippen LogP contribution >= 0.6 is 0 Å². The van der Waals surface area contributed by atoms with Gasteiger partial charge in [0.2, 0.25) is 0 Å². The van der Waals surface area contributed by atoms with Crippen LogP contribution in [-0.4, -0.2) is 20.9 Å². The van der Waals surface area contributed by atoms with E-state index in [-0.39, 0.29) is 12.2 Å². The Morgan fingerprint density at radius 2 is 1.94 bits per heavy atom. The second-order valence-electron chi connectivity index (χ2n) is 3.07. The lowest BCUT2D eigenvalue weighted by atomic mass is 10.2. The van der Waals surface area contributed by atoms with Gasteiger partial charge in [0.1, 0.15) is 0 Å². The molecule has 0 aromatic heterocycles. The largest absolute Gasteiger partial charge is 0.362 e. The van der Waals surface area contributed by atoms with Crippen LogP contribution in [0, 0.1) is 0 Å². The number of hydrogen-bond acceptors (Lipinski definition) is 4. The summed E-state index contributed by atoms with van der Waals surface area (Å²) in [4.78, 5) is 11.5. The fourth-order valence-corrected chi connectivity index (χ4v) is 1.77. The van der Waals surface area contributed by atoms with Gasteiger partial charge in [0, 0.05) is 5.56 Å². The zero-order valence-corrected chi connectivity index (χ0v) is 9.66. The number of benzene rings is 1. The lowest BCUT2D eigenvalue weighted by molar-refractivity contribution is 0.0976. The fourth-order valence-electron chi connectivity index (χ4n) is 0.984. The summed E-state index contributed by atoms with van der Waals surface area (Å²) in [6.07, 6.45) is 0.556. The zero-order chi connectivity index (χ0) is 12.0. The number of nitrogens with one attached hydrogen (secondary N) is 1.